The van der Waals surface area contributed by atoms with Gasteiger partial charge in [0.1, 0.15) is 0 Å². The van der Waals surface area contributed by atoms with E-state index in [1.165, 1.54) is 4.31 Å². The van der Waals surface area contributed by atoms with Gasteiger partial charge >= 0.3 is 0 Å². The van der Waals surface area contributed by atoms with Gasteiger partial charge in [0.2, 0.25) is 10.0 Å². The fourth-order valence-corrected chi connectivity index (χ4v) is 4.81. The number of fused-ring (bicyclic) bond motifs is 3. The highest BCUT2D eigenvalue weighted by Crippen LogP contribution is 2.29. The lowest BCUT2D eigenvalue weighted by molar-refractivity contribution is 0.468. The maximum Gasteiger partial charge on any atom is 0.242 e. The molecule has 4 rings (SSSR count). The summed E-state index contributed by atoms with van der Waals surface area (Å²) in [6, 6.07) is 13.0. The highest BCUT2D eigenvalue weighted by atomic mass is 32.2. The smallest absolute Gasteiger partial charge is 0.207 e. The molecule has 8 heteroatoms. The third-order valence-electron chi connectivity index (χ3n) is 5.15. The van der Waals surface area contributed by atoms with Gasteiger partial charge in [-0.15, -0.1) is 10.2 Å². The average molecular weight is 410 g/mol. The summed E-state index contributed by atoms with van der Waals surface area (Å²) in [6.07, 6.45) is 0.750. The lowest BCUT2D eigenvalue weighted by atomic mass is 10.1. The van der Waals surface area contributed by atoms with E-state index < -0.39 is 10.0 Å². The molecule has 2 aromatic carbocycles. The molecule has 2 aromatic heterocycles. The second kappa shape index (κ2) is 7.20. The number of hydrogen-bond acceptors (Lipinski definition) is 5. The fourth-order valence-electron chi connectivity index (χ4n) is 3.53. The number of sulfonamides is 1. The van der Waals surface area contributed by atoms with Gasteiger partial charge in [-0.2, -0.15) is 9.61 Å². The van der Waals surface area contributed by atoms with Crippen molar-refractivity contribution in [1.82, 2.24) is 24.1 Å². The Morgan fingerprint density at radius 3 is 2.48 bits per heavy atom. The second-order valence-electron chi connectivity index (χ2n) is 7.19. The maximum absolute atomic E-state index is 12.9. The number of aryl methyl sites for hydroxylation is 2. The van der Waals surface area contributed by atoms with Crippen molar-refractivity contribution in [3.8, 4) is 11.4 Å². The molecule has 0 spiro atoms. The Hall–Kier alpha value is -2.84. The minimum Gasteiger partial charge on any atom is -0.207 e. The van der Waals surface area contributed by atoms with Crippen molar-refractivity contribution < 1.29 is 8.42 Å². The zero-order valence-corrected chi connectivity index (χ0v) is 17.7. The summed E-state index contributed by atoms with van der Waals surface area (Å²) >= 11 is 0. The standard InChI is InChI=1S/C21H23N5O2S/c1-5-12-25(4)29(27,28)16-11-10-14(2)19(13-16)21-23-22-20-18-9-7-6-8-17(18)15(3)24-26(20)21/h6-11,13H,5,12H2,1-4H3. The summed E-state index contributed by atoms with van der Waals surface area (Å²) in [5.41, 5.74) is 3.12. The van der Waals surface area contributed by atoms with Crippen LogP contribution in [0.4, 0.5) is 0 Å². The maximum atomic E-state index is 12.9. The molecule has 0 amide bonds. The SMILES string of the molecule is CCCN(C)S(=O)(=O)c1ccc(C)c(-c2nnc3c4ccccc4c(C)nn23)c1. The van der Waals surface area contributed by atoms with E-state index in [0.29, 0.717) is 23.6 Å². The van der Waals surface area contributed by atoms with Crippen LogP contribution in [-0.4, -0.2) is 46.1 Å². The quantitative estimate of drug-likeness (QED) is 0.503. The number of aromatic nitrogens is 4. The van der Waals surface area contributed by atoms with Crippen molar-refractivity contribution in [2.45, 2.75) is 32.1 Å². The van der Waals surface area contributed by atoms with Gasteiger partial charge in [-0.05, 0) is 38.0 Å². The molecule has 0 atom stereocenters. The topological polar surface area (TPSA) is 80.5 Å². The average Bonchev–Trinajstić information content (AvgIpc) is 3.12. The molecular formula is C21H23N5O2S. The Kier molecular flexibility index (Phi) is 4.84. The Morgan fingerprint density at radius 1 is 1.03 bits per heavy atom. The largest absolute Gasteiger partial charge is 0.242 e. The lowest BCUT2D eigenvalue weighted by Gasteiger charge is -2.17. The van der Waals surface area contributed by atoms with E-state index in [4.69, 9.17) is 0 Å². The number of hydrogen-bond donors (Lipinski definition) is 0. The van der Waals surface area contributed by atoms with Gasteiger partial charge < -0.3 is 0 Å². The first-order valence-electron chi connectivity index (χ1n) is 9.52. The monoisotopic (exact) mass is 409 g/mol. The summed E-state index contributed by atoms with van der Waals surface area (Å²) in [5.74, 6) is 0.529. The predicted octanol–water partition coefficient (Wildman–Crippen LogP) is 3.59. The third kappa shape index (κ3) is 3.18. The summed E-state index contributed by atoms with van der Waals surface area (Å²) < 4.78 is 28.9. The first-order valence-corrected chi connectivity index (χ1v) is 11.0. The summed E-state index contributed by atoms with van der Waals surface area (Å²) in [4.78, 5) is 0.239. The van der Waals surface area contributed by atoms with Gasteiger partial charge in [0.15, 0.2) is 11.5 Å². The molecule has 0 aliphatic heterocycles. The van der Waals surface area contributed by atoms with Crippen LogP contribution in [0.2, 0.25) is 0 Å². The molecule has 4 aromatic rings. The van der Waals surface area contributed by atoms with Crippen molar-refractivity contribution in [2.75, 3.05) is 13.6 Å². The van der Waals surface area contributed by atoms with Gasteiger partial charge in [-0.1, -0.05) is 37.3 Å². The number of rotatable bonds is 5. The van der Waals surface area contributed by atoms with Crippen LogP contribution in [-0.2, 0) is 10.0 Å². The van der Waals surface area contributed by atoms with Crippen LogP contribution in [0.25, 0.3) is 27.8 Å². The normalized spacial score (nSPS) is 12.3. The minimum absolute atomic E-state index is 0.239. The van der Waals surface area contributed by atoms with E-state index in [9.17, 15) is 8.42 Å². The van der Waals surface area contributed by atoms with Gasteiger partial charge in [0.05, 0.1) is 10.6 Å². The predicted molar refractivity (Wildman–Crippen MR) is 113 cm³/mol. The van der Waals surface area contributed by atoms with Crippen molar-refractivity contribution in [1.29, 1.82) is 0 Å². The Labute approximate surface area is 170 Å². The summed E-state index contributed by atoms with van der Waals surface area (Å²) in [5, 5.41) is 15.4. The first-order chi connectivity index (χ1) is 13.8. The second-order valence-corrected chi connectivity index (χ2v) is 9.24. The summed E-state index contributed by atoms with van der Waals surface area (Å²) in [6.45, 7) is 6.29. The van der Waals surface area contributed by atoms with E-state index >= 15 is 0 Å². The van der Waals surface area contributed by atoms with E-state index in [0.717, 1.165) is 28.5 Å². The molecule has 0 saturated carbocycles. The number of benzene rings is 2. The van der Waals surface area contributed by atoms with Crippen molar-refractivity contribution in [3.63, 3.8) is 0 Å². The van der Waals surface area contributed by atoms with Crippen LogP contribution in [0.1, 0.15) is 24.6 Å². The van der Waals surface area contributed by atoms with Gasteiger partial charge in [-0.3, -0.25) is 0 Å². The van der Waals surface area contributed by atoms with Crippen LogP contribution in [0, 0.1) is 13.8 Å². The molecule has 29 heavy (non-hydrogen) atoms. The highest BCUT2D eigenvalue weighted by molar-refractivity contribution is 7.89. The van der Waals surface area contributed by atoms with E-state index in [2.05, 4.69) is 15.3 Å². The van der Waals surface area contributed by atoms with Crippen molar-refractivity contribution >= 4 is 26.4 Å². The van der Waals surface area contributed by atoms with Crippen LogP contribution in [0.3, 0.4) is 0 Å². The van der Waals surface area contributed by atoms with E-state index in [-0.39, 0.29) is 4.90 Å². The van der Waals surface area contributed by atoms with Crippen LogP contribution in [0.15, 0.2) is 47.4 Å². The molecule has 0 aliphatic carbocycles. The Bertz CT molecular complexity index is 1330. The molecule has 0 fully saturated rings. The molecular weight excluding hydrogens is 386 g/mol. The van der Waals surface area contributed by atoms with Gasteiger partial charge in [0, 0.05) is 29.9 Å². The van der Waals surface area contributed by atoms with Crippen molar-refractivity contribution in [3.05, 3.63) is 53.7 Å². The third-order valence-corrected chi connectivity index (χ3v) is 7.00. The fraction of sp³-hybridized carbons (Fsp3) is 0.286. The molecule has 0 bridgehead atoms. The van der Waals surface area contributed by atoms with Gasteiger partial charge in [-0.25, -0.2) is 12.7 Å². The molecule has 0 aliphatic rings. The zero-order valence-electron chi connectivity index (χ0n) is 16.9. The van der Waals surface area contributed by atoms with E-state index in [1.54, 1.807) is 29.8 Å². The molecule has 0 saturated heterocycles. The summed E-state index contributed by atoms with van der Waals surface area (Å²) in [7, 11) is -1.97. The van der Waals surface area contributed by atoms with Crippen LogP contribution in [0.5, 0.6) is 0 Å². The molecule has 7 nitrogen and oxygen atoms in total. The lowest BCUT2D eigenvalue weighted by Crippen LogP contribution is -2.27. The van der Waals surface area contributed by atoms with E-state index in [1.807, 2.05) is 45.0 Å². The van der Waals surface area contributed by atoms with Crippen LogP contribution < -0.4 is 0 Å². The molecule has 0 radical (unpaired) electrons. The zero-order chi connectivity index (χ0) is 20.8. The van der Waals surface area contributed by atoms with Gasteiger partial charge in [0.25, 0.3) is 0 Å². The molecule has 2 heterocycles. The minimum atomic E-state index is -3.57. The molecule has 0 unspecified atom stereocenters. The van der Waals surface area contributed by atoms with Crippen LogP contribution >= 0.6 is 0 Å². The van der Waals surface area contributed by atoms with Crippen molar-refractivity contribution in [2.24, 2.45) is 0 Å². The Balaban J connectivity index is 1.93. The first kappa shape index (κ1) is 19.5. The Morgan fingerprint density at radius 2 is 1.76 bits per heavy atom. The molecule has 150 valence electrons. The number of nitrogens with zero attached hydrogens (tertiary/aromatic N) is 5. The highest BCUT2D eigenvalue weighted by Gasteiger charge is 2.23. The molecule has 0 N–H and O–H groups in total.